The predicted octanol–water partition coefficient (Wildman–Crippen LogP) is 4.44. The van der Waals surface area contributed by atoms with Gasteiger partial charge in [-0.3, -0.25) is 24.5 Å². The number of imide groups is 1. The Labute approximate surface area is 191 Å². The third-order valence-corrected chi connectivity index (χ3v) is 6.06. The maximum Gasteiger partial charge on any atom is 0.271 e. The van der Waals surface area contributed by atoms with Gasteiger partial charge >= 0.3 is 0 Å². The van der Waals surface area contributed by atoms with Crippen LogP contribution in [0.25, 0.3) is 0 Å². The topological polar surface area (TPSA) is 93.0 Å². The van der Waals surface area contributed by atoms with E-state index in [-0.39, 0.29) is 11.4 Å². The lowest BCUT2D eigenvalue weighted by molar-refractivity contribution is -0.384. The van der Waals surface area contributed by atoms with Gasteiger partial charge in [0.15, 0.2) is 6.10 Å². The second kappa shape index (κ2) is 7.95. The zero-order chi connectivity index (χ0) is 23.3. The lowest BCUT2D eigenvalue weighted by Crippen LogP contribution is -2.37. The average molecular weight is 468 g/mol. The quantitative estimate of drug-likeness (QED) is 0.320. The fourth-order valence-corrected chi connectivity index (χ4v) is 4.51. The number of nitrogens with zero attached hydrogens (tertiary/aromatic N) is 3. The molecule has 2 aliphatic rings. The zero-order valence-electron chi connectivity index (χ0n) is 16.8. The Balaban J connectivity index is 1.61. The van der Waals surface area contributed by atoms with Crippen molar-refractivity contribution in [2.75, 3.05) is 9.96 Å². The van der Waals surface area contributed by atoms with E-state index in [0.29, 0.717) is 16.3 Å². The minimum absolute atomic E-state index is 0.170. The van der Waals surface area contributed by atoms with Gasteiger partial charge < -0.3 is 0 Å². The van der Waals surface area contributed by atoms with Crippen molar-refractivity contribution in [1.29, 1.82) is 0 Å². The molecule has 0 aromatic heterocycles. The molecule has 166 valence electrons. The van der Waals surface area contributed by atoms with E-state index in [1.807, 2.05) is 0 Å². The van der Waals surface area contributed by atoms with Crippen LogP contribution in [0.2, 0.25) is 5.02 Å². The molecule has 0 saturated carbocycles. The first-order valence-corrected chi connectivity index (χ1v) is 10.3. The third-order valence-electron chi connectivity index (χ3n) is 5.72. The van der Waals surface area contributed by atoms with Crippen LogP contribution in [-0.4, -0.2) is 22.8 Å². The van der Waals surface area contributed by atoms with Gasteiger partial charge in [-0.05, 0) is 42.0 Å². The molecule has 0 unspecified atom stereocenters. The largest absolute Gasteiger partial charge is 0.273 e. The van der Waals surface area contributed by atoms with Gasteiger partial charge in [0.2, 0.25) is 5.91 Å². The van der Waals surface area contributed by atoms with Crippen molar-refractivity contribution in [2.24, 2.45) is 5.92 Å². The Hall–Kier alpha value is -3.82. The lowest BCUT2D eigenvalue weighted by atomic mass is 9.90. The minimum Gasteiger partial charge on any atom is -0.273 e. The molecule has 8 nitrogen and oxygen atoms in total. The van der Waals surface area contributed by atoms with Gasteiger partial charge in [-0.15, -0.1) is 0 Å². The predicted molar refractivity (Wildman–Crippen MR) is 117 cm³/mol. The average Bonchev–Trinajstić information content (AvgIpc) is 3.31. The smallest absolute Gasteiger partial charge is 0.271 e. The van der Waals surface area contributed by atoms with Crippen molar-refractivity contribution >= 4 is 40.5 Å². The van der Waals surface area contributed by atoms with Crippen LogP contribution in [0, 0.1) is 21.8 Å². The number of nitro benzene ring substituents is 1. The fourth-order valence-electron chi connectivity index (χ4n) is 4.26. The van der Waals surface area contributed by atoms with Crippen LogP contribution in [-0.2, 0) is 14.4 Å². The molecule has 0 aliphatic carbocycles. The van der Waals surface area contributed by atoms with Crippen molar-refractivity contribution in [3.05, 3.63) is 99.3 Å². The summed E-state index contributed by atoms with van der Waals surface area (Å²) in [5.41, 5.74) is 0.888. The summed E-state index contributed by atoms with van der Waals surface area (Å²) in [6.45, 7) is 0. The van der Waals surface area contributed by atoms with Gasteiger partial charge in [0.05, 0.1) is 22.3 Å². The van der Waals surface area contributed by atoms with Crippen molar-refractivity contribution in [3.63, 3.8) is 0 Å². The molecule has 3 aromatic carbocycles. The molecule has 3 atom stereocenters. The van der Waals surface area contributed by atoms with Gasteiger partial charge in [0, 0.05) is 17.2 Å². The van der Waals surface area contributed by atoms with E-state index in [2.05, 4.69) is 0 Å². The first kappa shape index (κ1) is 21.0. The first-order valence-electron chi connectivity index (χ1n) is 9.95. The number of hydrogen-bond acceptors (Lipinski definition) is 6. The van der Waals surface area contributed by atoms with E-state index in [4.69, 9.17) is 16.4 Å². The minimum atomic E-state index is -1.18. The first-order chi connectivity index (χ1) is 15.9. The van der Waals surface area contributed by atoms with Crippen molar-refractivity contribution in [3.8, 4) is 0 Å². The molecule has 5 rings (SSSR count). The summed E-state index contributed by atoms with van der Waals surface area (Å²) in [5.74, 6) is -2.61. The molecule has 2 saturated heterocycles. The van der Waals surface area contributed by atoms with E-state index < -0.39 is 40.6 Å². The molecule has 0 radical (unpaired) electrons. The highest BCUT2D eigenvalue weighted by molar-refractivity contribution is 6.31. The van der Waals surface area contributed by atoms with Crippen molar-refractivity contribution < 1.29 is 23.7 Å². The van der Waals surface area contributed by atoms with E-state index in [1.165, 1.54) is 35.4 Å². The molecule has 2 heterocycles. The van der Waals surface area contributed by atoms with Crippen LogP contribution in [0.1, 0.15) is 11.6 Å². The monoisotopic (exact) mass is 467 g/mol. The SMILES string of the molecule is O=C1[C@H]2[C@H](ON(c3cccc([N+](=O)[O-])c3)[C@H]2c2ccccc2Cl)C(=O)N1c1ccc(F)cc1. The summed E-state index contributed by atoms with van der Waals surface area (Å²) in [7, 11) is 0. The molecule has 2 amide bonds. The summed E-state index contributed by atoms with van der Waals surface area (Å²) < 4.78 is 13.4. The molecule has 2 aliphatic heterocycles. The molecule has 33 heavy (non-hydrogen) atoms. The third kappa shape index (κ3) is 3.42. The Kier molecular flexibility index (Phi) is 5.07. The Bertz CT molecular complexity index is 1290. The number of fused-ring (bicyclic) bond motifs is 1. The number of hydrogen-bond donors (Lipinski definition) is 0. The van der Waals surface area contributed by atoms with Crippen LogP contribution in [0.15, 0.2) is 72.8 Å². The summed E-state index contributed by atoms with van der Waals surface area (Å²) >= 11 is 6.44. The second-order valence-electron chi connectivity index (χ2n) is 7.61. The van der Waals surface area contributed by atoms with Gasteiger partial charge in [0.25, 0.3) is 11.6 Å². The van der Waals surface area contributed by atoms with Gasteiger partial charge in [0.1, 0.15) is 11.7 Å². The van der Waals surface area contributed by atoms with E-state index in [1.54, 1.807) is 30.3 Å². The molecule has 0 spiro atoms. The van der Waals surface area contributed by atoms with Crippen molar-refractivity contribution in [1.82, 2.24) is 0 Å². The molecular weight excluding hydrogens is 453 g/mol. The fraction of sp³-hybridized carbons (Fsp3) is 0.130. The Morgan fingerprint density at radius 3 is 2.36 bits per heavy atom. The maximum absolute atomic E-state index is 13.5. The number of benzene rings is 3. The lowest BCUT2D eigenvalue weighted by Gasteiger charge is -2.29. The molecular formula is C23H15ClFN3O5. The van der Waals surface area contributed by atoms with E-state index >= 15 is 0 Å². The molecule has 10 heteroatoms. The zero-order valence-corrected chi connectivity index (χ0v) is 17.6. The molecule has 0 bridgehead atoms. The number of rotatable bonds is 4. The number of halogens is 2. The van der Waals surface area contributed by atoms with E-state index in [9.17, 15) is 24.1 Å². The Morgan fingerprint density at radius 1 is 0.939 bits per heavy atom. The van der Waals surface area contributed by atoms with Crippen LogP contribution in [0.4, 0.5) is 21.5 Å². The summed E-state index contributed by atoms with van der Waals surface area (Å²) in [6, 6.07) is 16.7. The van der Waals surface area contributed by atoms with Crippen LogP contribution >= 0.6 is 11.6 Å². The van der Waals surface area contributed by atoms with Gasteiger partial charge in [-0.2, -0.15) is 0 Å². The highest BCUT2D eigenvalue weighted by Crippen LogP contribution is 2.49. The Morgan fingerprint density at radius 2 is 1.67 bits per heavy atom. The molecule has 2 fully saturated rings. The number of amides is 2. The number of carbonyl (C=O) groups is 2. The van der Waals surface area contributed by atoms with Crippen LogP contribution in [0.5, 0.6) is 0 Å². The highest BCUT2D eigenvalue weighted by atomic mass is 35.5. The number of hydroxylamine groups is 1. The molecule has 3 aromatic rings. The summed E-state index contributed by atoms with van der Waals surface area (Å²) in [6.07, 6.45) is -1.18. The van der Waals surface area contributed by atoms with Crippen molar-refractivity contribution in [2.45, 2.75) is 12.1 Å². The highest BCUT2D eigenvalue weighted by Gasteiger charge is 2.60. The van der Waals surface area contributed by atoms with E-state index in [0.717, 1.165) is 17.0 Å². The number of anilines is 2. The number of nitro groups is 1. The maximum atomic E-state index is 13.5. The van der Waals surface area contributed by atoms with Crippen LogP contribution < -0.4 is 9.96 Å². The number of carbonyl (C=O) groups excluding carboxylic acids is 2. The van der Waals surface area contributed by atoms with Gasteiger partial charge in [-0.25, -0.2) is 14.4 Å². The summed E-state index contributed by atoms with van der Waals surface area (Å²) in [5, 5.41) is 13.0. The van der Waals surface area contributed by atoms with Gasteiger partial charge in [-0.1, -0.05) is 35.9 Å². The normalized spacial score (nSPS) is 22.1. The summed E-state index contributed by atoms with van der Waals surface area (Å²) in [4.78, 5) is 44.4. The van der Waals surface area contributed by atoms with Crippen LogP contribution in [0.3, 0.4) is 0 Å². The molecule has 0 N–H and O–H groups in total. The second-order valence-corrected chi connectivity index (χ2v) is 8.02. The standard InChI is InChI=1S/C23H15ClFN3O5/c24-18-7-2-1-6-17(18)20-19-21(33-27(20)15-4-3-5-16(12-15)28(31)32)23(30)26(22(19)29)14-10-8-13(25)9-11-14/h1-12,19-21H/t19-,20+,21+/m1/s1. The number of non-ortho nitro benzene ring substituents is 1.